The van der Waals surface area contributed by atoms with Gasteiger partial charge in [0.05, 0.1) is 11.8 Å². The molecule has 3 heterocycles. The Morgan fingerprint density at radius 3 is 2.77 bits per heavy atom. The van der Waals surface area contributed by atoms with Crippen LogP contribution in [-0.2, 0) is 4.79 Å². The topological polar surface area (TPSA) is 118 Å². The quantitative estimate of drug-likeness (QED) is 0.752. The molecule has 7 heteroatoms. The van der Waals surface area contributed by atoms with Gasteiger partial charge >= 0.3 is 0 Å². The van der Waals surface area contributed by atoms with Crippen LogP contribution in [0.4, 0.5) is 11.6 Å². The van der Waals surface area contributed by atoms with E-state index in [1.54, 1.807) is 38.5 Å². The van der Waals surface area contributed by atoms with Gasteiger partial charge in [-0.2, -0.15) is 5.26 Å². The van der Waals surface area contributed by atoms with Gasteiger partial charge in [-0.15, -0.1) is 0 Å². The Labute approximate surface area is 150 Å². The lowest BCUT2D eigenvalue weighted by atomic mass is 9.95. The zero-order valence-corrected chi connectivity index (χ0v) is 14.7. The second-order valence-corrected chi connectivity index (χ2v) is 6.56. The first-order chi connectivity index (χ1) is 12.3. The van der Waals surface area contributed by atoms with E-state index in [0.29, 0.717) is 22.7 Å². The highest BCUT2D eigenvalue weighted by molar-refractivity contribution is 5.99. The minimum atomic E-state index is -1.15. The van der Waals surface area contributed by atoms with Crippen LogP contribution in [0, 0.1) is 23.7 Å². The molecular weight excluding hydrogens is 328 g/mol. The van der Waals surface area contributed by atoms with Crippen molar-refractivity contribution in [3.8, 4) is 17.3 Å². The average Bonchev–Trinajstić information content (AvgIpc) is 2.61. The van der Waals surface area contributed by atoms with Gasteiger partial charge < -0.3 is 11.1 Å². The van der Waals surface area contributed by atoms with E-state index < -0.39 is 11.3 Å². The molecule has 130 valence electrons. The summed E-state index contributed by atoms with van der Waals surface area (Å²) in [5, 5.41) is 13.2. The second-order valence-electron chi connectivity index (χ2n) is 6.56. The Balaban J connectivity index is 2.05. The number of anilines is 2. The number of nitrogens with two attached hydrogens (primary N) is 1. The molecule has 0 unspecified atom stereocenters. The summed E-state index contributed by atoms with van der Waals surface area (Å²) in [5.41, 5.74) is 7.55. The summed E-state index contributed by atoms with van der Waals surface area (Å²) < 4.78 is 0. The van der Waals surface area contributed by atoms with Crippen LogP contribution >= 0.6 is 0 Å². The van der Waals surface area contributed by atoms with Gasteiger partial charge in [-0.05, 0) is 49.9 Å². The van der Waals surface area contributed by atoms with Gasteiger partial charge in [0, 0.05) is 29.5 Å². The predicted molar refractivity (Wildman–Crippen MR) is 99.9 cm³/mol. The van der Waals surface area contributed by atoms with E-state index in [4.69, 9.17) is 11.0 Å². The van der Waals surface area contributed by atoms with Crippen molar-refractivity contribution in [1.82, 2.24) is 15.0 Å². The Morgan fingerprint density at radius 1 is 1.31 bits per heavy atom. The molecule has 0 aromatic carbocycles. The average molecular weight is 346 g/mol. The number of carbonyl (C=O) groups excluding carboxylic acids is 1. The fourth-order valence-electron chi connectivity index (χ4n) is 2.44. The van der Waals surface area contributed by atoms with Crippen molar-refractivity contribution in [2.45, 2.75) is 20.8 Å². The number of nitrogens with zero attached hydrogens (tertiary/aromatic N) is 4. The zero-order valence-electron chi connectivity index (χ0n) is 14.7. The summed E-state index contributed by atoms with van der Waals surface area (Å²) >= 11 is 0. The predicted octanol–water partition coefficient (Wildman–Crippen LogP) is 3.07. The third kappa shape index (κ3) is 3.17. The molecular formula is C19H18N6O. The summed E-state index contributed by atoms with van der Waals surface area (Å²) in [4.78, 5) is 25.0. The van der Waals surface area contributed by atoms with E-state index >= 15 is 0 Å². The van der Waals surface area contributed by atoms with Crippen LogP contribution in [0.1, 0.15) is 19.4 Å². The molecule has 0 atom stereocenters. The largest absolute Gasteiger partial charge is 0.383 e. The van der Waals surface area contributed by atoms with Crippen LogP contribution in [0.15, 0.2) is 36.8 Å². The number of pyridine rings is 3. The highest BCUT2D eigenvalue weighted by Gasteiger charge is 2.27. The Hall–Kier alpha value is -3.53. The summed E-state index contributed by atoms with van der Waals surface area (Å²) in [6.07, 6.45) is 5.02. The van der Waals surface area contributed by atoms with Gasteiger partial charge in [0.15, 0.2) is 0 Å². The van der Waals surface area contributed by atoms with Gasteiger partial charge in [-0.3, -0.25) is 9.78 Å². The number of aromatic nitrogens is 3. The SMILES string of the molecule is Cc1ccncc1-c1cc2cc(NC(=O)C(C)(C)C#N)ncc2c(N)n1. The maximum atomic E-state index is 12.2. The van der Waals surface area contributed by atoms with E-state index in [1.165, 1.54) is 0 Å². The molecule has 0 bridgehead atoms. The number of hydrogen-bond donors (Lipinski definition) is 2. The molecule has 0 radical (unpaired) electrons. The Morgan fingerprint density at radius 2 is 2.08 bits per heavy atom. The molecule has 3 aromatic heterocycles. The highest BCUT2D eigenvalue weighted by Crippen LogP contribution is 2.28. The number of carbonyl (C=O) groups is 1. The lowest BCUT2D eigenvalue weighted by Crippen LogP contribution is -2.29. The number of amides is 1. The third-order valence-electron chi connectivity index (χ3n) is 4.15. The second kappa shape index (κ2) is 6.41. The molecule has 7 nitrogen and oxygen atoms in total. The Bertz CT molecular complexity index is 1050. The summed E-state index contributed by atoms with van der Waals surface area (Å²) in [6.45, 7) is 5.07. The molecule has 3 rings (SSSR count). The molecule has 0 fully saturated rings. The smallest absolute Gasteiger partial charge is 0.245 e. The third-order valence-corrected chi connectivity index (χ3v) is 4.15. The van der Waals surface area contributed by atoms with Crippen LogP contribution in [0.5, 0.6) is 0 Å². The number of hydrogen-bond acceptors (Lipinski definition) is 6. The molecule has 3 aromatic rings. The molecule has 0 saturated heterocycles. The molecule has 1 amide bonds. The lowest BCUT2D eigenvalue weighted by molar-refractivity contribution is -0.121. The highest BCUT2D eigenvalue weighted by atomic mass is 16.2. The molecule has 26 heavy (non-hydrogen) atoms. The van der Waals surface area contributed by atoms with Crippen LogP contribution < -0.4 is 11.1 Å². The normalized spacial score (nSPS) is 11.2. The van der Waals surface area contributed by atoms with Crippen molar-refractivity contribution in [1.29, 1.82) is 5.26 Å². The Kier molecular flexibility index (Phi) is 4.26. The first-order valence-electron chi connectivity index (χ1n) is 8.02. The van der Waals surface area contributed by atoms with Crippen LogP contribution in [-0.4, -0.2) is 20.9 Å². The molecule has 0 saturated carbocycles. The lowest BCUT2D eigenvalue weighted by Gasteiger charge is -2.15. The number of nitrogen functional groups attached to an aromatic ring is 1. The van der Waals surface area contributed by atoms with Crippen molar-refractivity contribution in [2.24, 2.45) is 5.41 Å². The van der Waals surface area contributed by atoms with E-state index in [2.05, 4.69) is 20.3 Å². The van der Waals surface area contributed by atoms with E-state index in [1.807, 2.05) is 25.1 Å². The van der Waals surface area contributed by atoms with Gasteiger partial charge in [-0.1, -0.05) is 0 Å². The van der Waals surface area contributed by atoms with Crippen molar-refractivity contribution in [2.75, 3.05) is 11.1 Å². The maximum absolute atomic E-state index is 12.2. The van der Waals surface area contributed by atoms with Crippen molar-refractivity contribution < 1.29 is 4.79 Å². The summed E-state index contributed by atoms with van der Waals surface area (Å²) in [6, 6.07) is 7.46. The van der Waals surface area contributed by atoms with Gasteiger partial charge in [0.25, 0.3) is 0 Å². The van der Waals surface area contributed by atoms with Crippen molar-refractivity contribution >= 4 is 28.3 Å². The molecule has 3 N–H and O–H groups in total. The monoisotopic (exact) mass is 346 g/mol. The number of fused-ring (bicyclic) bond motifs is 1. The van der Waals surface area contributed by atoms with Crippen molar-refractivity contribution in [3.05, 3.63) is 42.4 Å². The molecule has 0 aliphatic heterocycles. The molecule has 0 spiro atoms. The van der Waals surface area contributed by atoms with Gasteiger partial charge in [0.2, 0.25) is 5.91 Å². The molecule has 0 aliphatic carbocycles. The fraction of sp³-hybridized carbons (Fsp3) is 0.211. The number of nitriles is 1. The van der Waals surface area contributed by atoms with E-state index in [9.17, 15) is 4.79 Å². The van der Waals surface area contributed by atoms with Gasteiger partial charge in [0.1, 0.15) is 17.1 Å². The number of rotatable bonds is 3. The number of aryl methyl sites for hydroxylation is 1. The van der Waals surface area contributed by atoms with Crippen LogP contribution in [0.25, 0.3) is 22.0 Å². The summed E-state index contributed by atoms with van der Waals surface area (Å²) in [7, 11) is 0. The minimum absolute atomic E-state index is 0.350. The van der Waals surface area contributed by atoms with Crippen molar-refractivity contribution in [3.63, 3.8) is 0 Å². The first kappa shape index (κ1) is 17.3. The number of nitrogens with one attached hydrogen (secondary N) is 1. The van der Waals surface area contributed by atoms with Crippen LogP contribution in [0.2, 0.25) is 0 Å². The standard InChI is InChI=1S/C19H18N6O/c1-11-4-5-22-8-13(11)15-6-12-7-16(23-9-14(12)17(21)24-15)25-18(26)19(2,3)10-20/h4-9H,1-3H3,(H2,21,24)(H,23,25,26). The molecule has 0 aliphatic rings. The maximum Gasteiger partial charge on any atom is 0.245 e. The summed E-state index contributed by atoms with van der Waals surface area (Å²) in [5.74, 6) is 0.283. The van der Waals surface area contributed by atoms with E-state index in [-0.39, 0.29) is 0 Å². The van der Waals surface area contributed by atoms with E-state index in [0.717, 1.165) is 16.5 Å². The van der Waals surface area contributed by atoms with Crippen LogP contribution in [0.3, 0.4) is 0 Å². The minimum Gasteiger partial charge on any atom is -0.383 e. The fourth-order valence-corrected chi connectivity index (χ4v) is 2.44. The van der Waals surface area contributed by atoms with Gasteiger partial charge in [-0.25, -0.2) is 9.97 Å². The first-order valence-corrected chi connectivity index (χ1v) is 8.02. The zero-order chi connectivity index (χ0) is 18.9.